The zero-order chi connectivity index (χ0) is 25.6. The number of amides is 3. The second-order valence-electron chi connectivity index (χ2n) is 6.96. The zero-order valence-corrected chi connectivity index (χ0v) is 19.7. The molecular formula is C18H30N4O9S2. The highest BCUT2D eigenvalue weighted by atomic mass is 32.2. The van der Waals surface area contributed by atoms with E-state index in [0.29, 0.717) is 12.2 Å². The van der Waals surface area contributed by atoms with Gasteiger partial charge in [0, 0.05) is 18.6 Å². The lowest BCUT2D eigenvalue weighted by atomic mass is 10.1. The van der Waals surface area contributed by atoms with Gasteiger partial charge >= 0.3 is 17.9 Å². The van der Waals surface area contributed by atoms with Crippen LogP contribution < -0.4 is 21.7 Å². The first kappa shape index (κ1) is 30.5. The van der Waals surface area contributed by atoms with E-state index in [1.165, 1.54) is 11.8 Å². The summed E-state index contributed by atoms with van der Waals surface area (Å²) in [6, 6.07) is -5.08. The van der Waals surface area contributed by atoms with Gasteiger partial charge in [0.1, 0.15) is 18.1 Å². The number of carboxylic acid groups (broad SMARTS) is 3. The first-order valence-corrected chi connectivity index (χ1v) is 11.9. The van der Waals surface area contributed by atoms with E-state index < -0.39 is 79.1 Å². The predicted molar refractivity (Wildman–Crippen MR) is 122 cm³/mol. The summed E-state index contributed by atoms with van der Waals surface area (Å²) in [4.78, 5) is 70.3. The fourth-order valence-electron chi connectivity index (χ4n) is 2.46. The molecule has 0 saturated heterocycles. The van der Waals surface area contributed by atoms with Crippen LogP contribution in [-0.4, -0.2) is 92.9 Å². The Hall–Kier alpha value is -2.52. The first-order chi connectivity index (χ1) is 15.4. The van der Waals surface area contributed by atoms with Crippen LogP contribution in [0.3, 0.4) is 0 Å². The minimum absolute atomic E-state index is 0.156. The van der Waals surface area contributed by atoms with Crippen LogP contribution in [0.4, 0.5) is 0 Å². The average molecular weight is 511 g/mol. The predicted octanol–water partition coefficient (Wildman–Crippen LogP) is -1.73. The van der Waals surface area contributed by atoms with Gasteiger partial charge in [0.15, 0.2) is 0 Å². The third kappa shape index (κ3) is 12.9. The van der Waals surface area contributed by atoms with Crippen molar-refractivity contribution in [2.24, 2.45) is 5.73 Å². The van der Waals surface area contributed by atoms with Gasteiger partial charge in [0.2, 0.25) is 17.7 Å². The molecule has 8 N–H and O–H groups in total. The third-order valence-electron chi connectivity index (χ3n) is 4.33. The van der Waals surface area contributed by atoms with Crippen LogP contribution in [0.5, 0.6) is 0 Å². The second-order valence-corrected chi connectivity index (χ2v) is 8.31. The summed E-state index contributed by atoms with van der Waals surface area (Å²) < 4.78 is 0. The van der Waals surface area contributed by atoms with Crippen molar-refractivity contribution in [3.63, 3.8) is 0 Å². The monoisotopic (exact) mass is 510 g/mol. The van der Waals surface area contributed by atoms with E-state index in [4.69, 9.17) is 15.9 Å². The van der Waals surface area contributed by atoms with E-state index >= 15 is 0 Å². The second kappa shape index (κ2) is 16.1. The van der Waals surface area contributed by atoms with Gasteiger partial charge in [-0.05, 0) is 31.3 Å². The molecule has 0 aromatic carbocycles. The fourth-order valence-corrected chi connectivity index (χ4v) is 3.20. The molecule has 0 aromatic heterocycles. The number of rotatable bonds is 17. The zero-order valence-electron chi connectivity index (χ0n) is 18.0. The SMILES string of the molecule is CSCCC(N)C(=O)NC(CS)C(=O)NC(CCC(=O)O)C(=O)NC(CCC(=O)O)C(=O)O. The molecule has 0 saturated carbocycles. The Morgan fingerprint density at radius 3 is 1.70 bits per heavy atom. The molecular weight excluding hydrogens is 480 g/mol. The first-order valence-electron chi connectivity index (χ1n) is 9.85. The number of nitrogens with two attached hydrogens (primary N) is 1. The molecule has 0 fully saturated rings. The maximum absolute atomic E-state index is 12.6. The molecule has 15 heteroatoms. The molecule has 0 aromatic rings. The molecule has 0 radical (unpaired) electrons. The summed E-state index contributed by atoms with van der Waals surface area (Å²) in [6.45, 7) is 0. The van der Waals surface area contributed by atoms with E-state index in [1.807, 2.05) is 6.26 Å². The lowest BCUT2D eigenvalue weighted by molar-refractivity contribution is -0.144. The Balaban J connectivity index is 5.30. The van der Waals surface area contributed by atoms with Crippen molar-refractivity contribution in [3.8, 4) is 0 Å². The maximum atomic E-state index is 12.6. The summed E-state index contributed by atoms with van der Waals surface area (Å²) in [7, 11) is 0. The van der Waals surface area contributed by atoms with Crippen molar-refractivity contribution in [2.75, 3.05) is 17.8 Å². The van der Waals surface area contributed by atoms with Gasteiger partial charge in [0.25, 0.3) is 0 Å². The highest BCUT2D eigenvalue weighted by molar-refractivity contribution is 7.98. The van der Waals surface area contributed by atoms with Crippen LogP contribution in [0, 0.1) is 0 Å². The smallest absolute Gasteiger partial charge is 0.326 e. The van der Waals surface area contributed by atoms with Crippen LogP contribution in [0.15, 0.2) is 0 Å². The van der Waals surface area contributed by atoms with E-state index in [1.54, 1.807) is 0 Å². The Morgan fingerprint density at radius 1 is 0.788 bits per heavy atom. The Morgan fingerprint density at radius 2 is 1.24 bits per heavy atom. The minimum atomic E-state index is -1.56. The van der Waals surface area contributed by atoms with Crippen LogP contribution in [0.2, 0.25) is 0 Å². The fraction of sp³-hybridized carbons (Fsp3) is 0.667. The third-order valence-corrected chi connectivity index (χ3v) is 5.34. The molecule has 0 aliphatic carbocycles. The number of hydrogen-bond acceptors (Lipinski definition) is 9. The van der Waals surface area contributed by atoms with Gasteiger partial charge in [-0.25, -0.2) is 4.79 Å². The van der Waals surface area contributed by atoms with Crippen molar-refractivity contribution in [3.05, 3.63) is 0 Å². The van der Waals surface area contributed by atoms with Crippen LogP contribution in [0.1, 0.15) is 32.1 Å². The summed E-state index contributed by atoms with van der Waals surface area (Å²) >= 11 is 5.50. The Bertz CT molecular complexity index is 723. The van der Waals surface area contributed by atoms with E-state index in [9.17, 15) is 33.9 Å². The normalized spacial score (nSPS) is 14.3. The van der Waals surface area contributed by atoms with Gasteiger partial charge in [-0.1, -0.05) is 0 Å². The number of carbonyl (C=O) groups excluding carboxylic acids is 3. The van der Waals surface area contributed by atoms with Crippen LogP contribution in [-0.2, 0) is 28.8 Å². The molecule has 0 spiro atoms. The summed E-state index contributed by atoms with van der Waals surface area (Å²) in [5.74, 6) is -6.03. The molecule has 3 amide bonds. The number of thiol groups is 1. The molecule has 0 aliphatic heterocycles. The van der Waals surface area contributed by atoms with Gasteiger partial charge in [0.05, 0.1) is 6.04 Å². The maximum Gasteiger partial charge on any atom is 0.326 e. The van der Waals surface area contributed by atoms with Gasteiger partial charge in [-0.3, -0.25) is 24.0 Å². The molecule has 13 nitrogen and oxygen atoms in total. The number of nitrogens with one attached hydrogen (secondary N) is 3. The van der Waals surface area contributed by atoms with E-state index in [0.717, 1.165) is 0 Å². The lowest BCUT2D eigenvalue weighted by Crippen LogP contribution is -2.57. The summed E-state index contributed by atoms with van der Waals surface area (Å²) in [5.41, 5.74) is 5.76. The standard InChI is InChI=1S/C18H30N4O9S2/c1-33-7-6-9(19)15(27)22-12(8-32)17(29)20-10(2-4-13(23)24)16(28)21-11(18(30)31)3-5-14(25)26/h9-12,32H,2-8,19H2,1H3,(H,20,29)(H,21,28)(H,22,27)(H,23,24)(H,25,26)(H,30,31). The topological polar surface area (TPSA) is 225 Å². The molecule has 0 bridgehead atoms. The largest absolute Gasteiger partial charge is 0.481 e. The number of carboxylic acids is 3. The van der Waals surface area contributed by atoms with Gasteiger partial charge in [-0.15, -0.1) is 0 Å². The molecule has 4 atom stereocenters. The molecule has 33 heavy (non-hydrogen) atoms. The summed E-state index contributed by atoms with van der Waals surface area (Å²) in [5, 5.41) is 33.6. The molecule has 0 heterocycles. The van der Waals surface area contributed by atoms with Gasteiger partial charge in [-0.2, -0.15) is 24.4 Å². The molecule has 4 unspecified atom stereocenters. The van der Waals surface area contributed by atoms with Gasteiger partial charge < -0.3 is 37.0 Å². The quantitative estimate of drug-likeness (QED) is 0.103. The van der Waals surface area contributed by atoms with Crippen molar-refractivity contribution < 1.29 is 44.1 Å². The van der Waals surface area contributed by atoms with E-state index in [2.05, 4.69) is 28.6 Å². The molecule has 0 aliphatic rings. The molecule has 0 rings (SSSR count). The van der Waals surface area contributed by atoms with Crippen LogP contribution in [0.25, 0.3) is 0 Å². The van der Waals surface area contributed by atoms with Crippen molar-refractivity contribution in [1.82, 2.24) is 16.0 Å². The molecule has 188 valence electrons. The number of hydrogen-bond donors (Lipinski definition) is 8. The lowest BCUT2D eigenvalue weighted by Gasteiger charge is -2.24. The summed E-state index contributed by atoms with van der Waals surface area (Å²) in [6.07, 6.45) is 0.354. The van der Waals surface area contributed by atoms with Crippen molar-refractivity contribution >= 4 is 60.0 Å². The Labute approximate surface area is 200 Å². The minimum Gasteiger partial charge on any atom is -0.481 e. The van der Waals surface area contributed by atoms with Crippen molar-refractivity contribution in [1.29, 1.82) is 0 Å². The van der Waals surface area contributed by atoms with E-state index in [-0.39, 0.29) is 12.2 Å². The number of carbonyl (C=O) groups is 6. The number of aliphatic carboxylic acids is 3. The Kier molecular flexibility index (Phi) is 14.9. The van der Waals surface area contributed by atoms with Crippen LogP contribution >= 0.6 is 24.4 Å². The number of thioether (sulfide) groups is 1. The average Bonchev–Trinajstić information content (AvgIpc) is 2.74. The highest BCUT2D eigenvalue weighted by Crippen LogP contribution is 2.05. The highest BCUT2D eigenvalue weighted by Gasteiger charge is 2.30. The van der Waals surface area contributed by atoms with Crippen molar-refractivity contribution in [2.45, 2.75) is 56.3 Å².